The zero-order valence-corrected chi connectivity index (χ0v) is 20.1. The second kappa shape index (κ2) is 9.44. The summed E-state index contributed by atoms with van der Waals surface area (Å²) in [7, 11) is 0. The maximum Gasteiger partial charge on any atom is 0.311 e. The van der Waals surface area contributed by atoms with Gasteiger partial charge in [-0.15, -0.1) is 0 Å². The van der Waals surface area contributed by atoms with Crippen LogP contribution in [0.1, 0.15) is 55.0 Å². The minimum absolute atomic E-state index is 0.0104. The van der Waals surface area contributed by atoms with Gasteiger partial charge in [-0.3, -0.25) is 4.79 Å². The molecule has 3 N–H and O–H groups in total. The van der Waals surface area contributed by atoms with Crippen molar-refractivity contribution in [1.29, 1.82) is 0 Å². The number of fused-ring (bicyclic) bond motifs is 3. The number of aryl methyl sites for hydroxylation is 1. The minimum atomic E-state index is -0.974. The van der Waals surface area contributed by atoms with Crippen molar-refractivity contribution in [3.8, 4) is 5.75 Å². The average Bonchev–Trinajstić information content (AvgIpc) is 3.35. The molecule has 1 heterocycles. The van der Waals surface area contributed by atoms with E-state index in [2.05, 4.69) is 5.32 Å². The molecule has 0 bridgehead atoms. The third-order valence-electron chi connectivity index (χ3n) is 6.77. The Morgan fingerprint density at radius 1 is 1.23 bits per heavy atom. The van der Waals surface area contributed by atoms with Crippen molar-refractivity contribution in [2.75, 3.05) is 13.2 Å². The third kappa shape index (κ3) is 5.17. The molecule has 0 radical (unpaired) electrons. The van der Waals surface area contributed by atoms with Gasteiger partial charge in [-0.05, 0) is 45.2 Å². The second-order valence-corrected chi connectivity index (χ2v) is 10.1. The van der Waals surface area contributed by atoms with Crippen LogP contribution in [0.4, 0.5) is 13.2 Å². The number of hydrogen-bond donors (Lipinski definition) is 3. The average molecular weight is 494 g/mol. The lowest BCUT2D eigenvalue weighted by Crippen LogP contribution is -2.46. The first-order valence-electron chi connectivity index (χ1n) is 11.6. The molecule has 9 heteroatoms. The Hall–Kier alpha value is -2.62. The zero-order valence-electron chi connectivity index (χ0n) is 20.1. The predicted molar refractivity (Wildman–Crippen MR) is 122 cm³/mol. The van der Waals surface area contributed by atoms with Gasteiger partial charge < -0.3 is 25.0 Å². The van der Waals surface area contributed by atoms with Crippen LogP contribution in [0.2, 0.25) is 0 Å². The van der Waals surface area contributed by atoms with Crippen LogP contribution in [-0.4, -0.2) is 47.1 Å². The van der Waals surface area contributed by atoms with Gasteiger partial charge in [0.25, 0.3) is 0 Å². The molecular formula is C26H30F3NO5. The molecule has 5 atom stereocenters. The van der Waals surface area contributed by atoms with E-state index in [1.165, 1.54) is 0 Å². The summed E-state index contributed by atoms with van der Waals surface area (Å²) >= 11 is 0. The number of ether oxygens (including phenoxy) is 2. The van der Waals surface area contributed by atoms with Crippen molar-refractivity contribution < 1.29 is 37.7 Å². The topological polar surface area (TPSA) is 88.0 Å². The second-order valence-electron chi connectivity index (χ2n) is 10.1. The van der Waals surface area contributed by atoms with E-state index in [1.54, 1.807) is 13.8 Å². The smallest absolute Gasteiger partial charge is 0.311 e. The van der Waals surface area contributed by atoms with Gasteiger partial charge >= 0.3 is 5.97 Å². The van der Waals surface area contributed by atoms with Crippen molar-refractivity contribution in [3.63, 3.8) is 0 Å². The van der Waals surface area contributed by atoms with E-state index >= 15 is 0 Å². The number of β-amino-alcohol motifs (C(OH)–C–C–N with tert-alkyl or cyclic N) is 1. The highest BCUT2D eigenvalue weighted by molar-refractivity contribution is 5.79. The van der Waals surface area contributed by atoms with E-state index in [0.29, 0.717) is 12.1 Å². The molecule has 0 amide bonds. The normalized spacial score (nSPS) is 22.2. The van der Waals surface area contributed by atoms with E-state index < -0.39 is 47.1 Å². The highest BCUT2D eigenvalue weighted by Crippen LogP contribution is 2.61. The molecule has 190 valence electrons. The largest absolute Gasteiger partial charge is 0.488 e. The number of rotatable bonds is 10. The van der Waals surface area contributed by atoms with Crippen LogP contribution in [0.3, 0.4) is 0 Å². The van der Waals surface area contributed by atoms with Crippen LogP contribution in [-0.2, 0) is 16.0 Å². The monoisotopic (exact) mass is 493 g/mol. The van der Waals surface area contributed by atoms with Crippen molar-refractivity contribution in [1.82, 2.24) is 5.32 Å². The Morgan fingerprint density at radius 3 is 2.51 bits per heavy atom. The van der Waals surface area contributed by atoms with Crippen molar-refractivity contribution in [3.05, 3.63) is 64.0 Å². The van der Waals surface area contributed by atoms with Gasteiger partial charge in [0.05, 0.1) is 18.8 Å². The summed E-state index contributed by atoms with van der Waals surface area (Å²) < 4.78 is 53.0. The van der Waals surface area contributed by atoms with Crippen LogP contribution in [0.15, 0.2) is 24.3 Å². The Kier molecular flexibility index (Phi) is 6.87. The standard InChI is InChI=1S/C26H30F3NO5/c1-12-5-6-16(20-21-22(25(32)33)24(21)35-23(12)20)13(2)34-11-15(31)10-30-26(3,4)9-17-18(28)7-14(27)8-19(17)29/h5-8,13,15,21-22,24,30-31H,9-11H2,1-4H3,(H,32,33)/t13-,15-,21+,22+,24+/m1/s1. The van der Waals surface area contributed by atoms with Crippen LogP contribution < -0.4 is 10.1 Å². The lowest BCUT2D eigenvalue weighted by Gasteiger charge is -2.29. The maximum atomic E-state index is 14.0. The number of aliphatic hydroxyl groups is 1. The lowest BCUT2D eigenvalue weighted by molar-refractivity contribution is -0.139. The summed E-state index contributed by atoms with van der Waals surface area (Å²) in [5.74, 6) is -3.78. The third-order valence-corrected chi connectivity index (χ3v) is 6.77. The molecule has 4 rings (SSSR count). The molecule has 0 unspecified atom stereocenters. The van der Waals surface area contributed by atoms with Crippen molar-refractivity contribution in [2.45, 2.75) is 63.9 Å². The van der Waals surface area contributed by atoms with E-state index in [0.717, 1.165) is 22.4 Å². The highest BCUT2D eigenvalue weighted by atomic mass is 19.1. The van der Waals surface area contributed by atoms with Crippen LogP contribution >= 0.6 is 0 Å². The molecule has 1 aliphatic heterocycles. The Morgan fingerprint density at radius 2 is 1.89 bits per heavy atom. The van der Waals surface area contributed by atoms with Gasteiger partial charge in [0.15, 0.2) is 0 Å². The summed E-state index contributed by atoms with van der Waals surface area (Å²) in [4.78, 5) is 11.5. The molecule has 1 aliphatic carbocycles. The molecule has 2 aliphatic rings. The first-order chi connectivity index (χ1) is 16.4. The molecule has 6 nitrogen and oxygen atoms in total. The molecule has 2 aromatic carbocycles. The fourth-order valence-corrected chi connectivity index (χ4v) is 4.83. The fourth-order valence-electron chi connectivity index (χ4n) is 4.83. The number of carboxylic acid groups (broad SMARTS) is 1. The molecule has 1 saturated carbocycles. The zero-order chi connectivity index (χ0) is 25.7. The van der Waals surface area contributed by atoms with Crippen LogP contribution in [0.5, 0.6) is 5.75 Å². The highest BCUT2D eigenvalue weighted by Gasteiger charge is 2.64. The molecule has 35 heavy (non-hydrogen) atoms. The summed E-state index contributed by atoms with van der Waals surface area (Å²) in [5, 5.41) is 22.9. The van der Waals surface area contributed by atoms with Gasteiger partial charge in [0.1, 0.15) is 35.2 Å². The molecule has 1 fully saturated rings. The molecule has 2 aromatic rings. The van der Waals surface area contributed by atoms with Crippen molar-refractivity contribution in [2.24, 2.45) is 5.92 Å². The van der Waals surface area contributed by atoms with Crippen LogP contribution in [0.25, 0.3) is 0 Å². The Labute approximate surface area is 202 Å². The fraction of sp³-hybridized carbons (Fsp3) is 0.500. The minimum Gasteiger partial charge on any atom is -0.488 e. The van der Waals surface area contributed by atoms with Crippen LogP contribution in [0, 0.1) is 30.3 Å². The lowest BCUT2D eigenvalue weighted by atomic mass is 9.94. The summed E-state index contributed by atoms with van der Waals surface area (Å²) in [6, 6.07) is 5.10. The maximum absolute atomic E-state index is 14.0. The molecular weight excluding hydrogens is 463 g/mol. The van der Waals surface area contributed by atoms with E-state index in [4.69, 9.17) is 9.47 Å². The SMILES string of the molecule is Cc1ccc([C@@H](C)OC[C@H](O)CNC(C)(C)Cc2c(F)cc(F)cc2F)c2c1O[C@@H]1[C@@H](C(=O)O)[C@H]21. The van der Waals surface area contributed by atoms with Gasteiger partial charge in [0, 0.05) is 41.3 Å². The van der Waals surface area contributed by atoms with E-state index in [1.807, 2.05) is 26.0 Å². The number of halogens is 3. The van der Waals surface area contributed by atoms with Gasteiger partial charge in [0.2, 0.25) is 0 Å². The predicted octanol–water partition coefficient (Wildman–Crippen LogP) is 4.02. The number of aliphatic hydroxyl groups excluding tert-OH is 1. The number of benzene rings is 2. The number of aliphatic carboxylic acids is 1. The number of carboxylic acids is 1. The summed E-state index contributed by atoms with van der Waals surface area (Å²) in [6.07, 6.45) is -1.71. The number of nitrogens with one attached hydrogen (secondary N) is 1. The first-order valence-corrected chi connectivity index (χ1v) is 11.6. The summed E-state index contributed by atoms with van der Waals surface area (Å²) in [5.41, 5.74) is 1.63. The molecule has 0 spiro atoms. The van der Waals surface area contributed by atoms with E-state index in [-0.39, 0.29) is 37.2 Å². The summed E-state index contributed by atoms with van der Waals surface area (Å²) in [6.45, 7) is 7.29. The first kappa shape index (κ1) is 25.5. The molecule has 0 aromatic heterocycles. The number of carbonyl (C=O) groups is 1. The van der Waals surface area contributed by atoms with Gasteiger partial charge in [-0.25, -0.2) is 13.2 Å². The Bertz CT molecular complexity index is 1120. The number of hydrogen-bond acceptors (Lipinski definition) is 5. The van der Waals surface area contributed by atoms with Crippen molar-refractivity contribution >= 4 is 5.97 Å². The van der Waals surface area contributed by atoms with Gasteiger partial charge in [-0.1, -0.05) is 12.1 Å². The Balaban J connectivity index is 1.33. The molecule has 0 saturated heterocycles. The quantitative estimate of drug-likeness (QED) is 0.464. The van der Waals surface area contributed by atoms with Gasteiger partial charge in [-0.2, -0.15) is 0 Å². The van der Waals surface area contributed by atoms with E-state index in [9.17, 15) is 28.2 Å².